The van der Waals surface area contributed by atoms with Gasteiger partial charge in [-0.3, -0.25) is 9.97 Å². The third-order valence-electron chi connectivity index (χ3n) is 3.43. The fourth-order valence-corrected chi connectivity index (χ4v) is 2.38. The van der Waals surface area contributed by atoms with Crippen LogP contribution in [0, 0.1) is 0 Å². The van der Waals surface area contributed by atoms with E-state index in [-0.39, 0.29) is 0 Å². The van der Waals surface area contributed by atoms with Crippen molar-refractivity contribution in [3.8, 4) is 11.5 Å². The minimum absolute atomic E-state index is 0.352. The lowest BCUT2D eigenvalue weighted by Gasteiger charge is -2.14. The number of nitrogens with one attached hydrogen (secondary N) is 1. The summed E-state index contributed by atoms with van der Waals surface area (Å²) in [6.45, 7) is 5.24. The monoisotopic (exact) mass is 267 g/mol. The molecule has 0 aromatic carbocycles. The molecule has 0 bridgehead atoms. The number of rotatable bonds is 4. The first-order chi connectivity index (χ1) is 9.83. The Morgan fingerprint density at radius 2 is 2.15 bits per heavy atom. The van der Waals surface area contributed by atoms with Gasteiger partial charge >= 0.3 is 0 Å². The number of hydrogen-bond donors (Lipinski definition) is 1. The first-order valence-electron chi connectivity index (χ1n) is 6.78. The summed E-state index contributed by atoms with van der Waals surface area (Å²) in [5.74, 6) is 1.41. The topological polar surface area (TPSA) is 47.0 Å². The van der Waals surface area contributed by atoms with Crippen molar-refractivity contribution >= 4 is 5.57 Å². The first kappa shape index (κ1) is 12.8. The fraction of sp³-hybridized carbons (Fsp3) is 0.250. The number of nitrogens with zero attached hydrogens (tertiary/aromatic N) is 2. The molecule has 2 aromatic heterocycles. The summed E-state index contributed by atoms with van der Waals surface area (Å²) in [7, 11) is 0. The lowest BCUT2D eigenvalue weighted by atomic mass is 10.0. The van der Waals surface area contributed by atoms with Crippen LogP contribution in [0.5, 0.6) is 11.5 Å². The van der Waals surface area contributed by atoms with Gasteiger partial charge in [-0.05, 0) is 43.2 Å². The van der Waals surface area contributed by atoms with E-state index in [1.165, 1.54) is 6.42 Å². The molecule has 102 valence electrons. The summed E-state index contributed by atoms with van der Waals surface area (Å²) in [6.07, 6.45) is 9.26. The van der Waals surface area contributed by atoms with Gasteiger partial charge in [-0.1, -0.05) is 6.58 Å². The van der Waals surface area contributed by atoms with E-state index in [1.807, 2.05) is 24.4 Å². The van der Waals surface area contributed by atoms with Gasteiger partial charge in [0.2, 0.25) is 0 Å². The van der Waals surface area contributed by atoms with Crippen molar-refractivity contribution < 1.29 is 4.74 Å². The Kier molecular flexibility index (Phi) is 3.74. The second-order valence-electron chi connectivity index (χ2n) is 4.87. The van der Waals surface area contributed by atoms with Crippen molar-refractivity contribution in [2.75, 3.05) is 6.54 Å². The largest absolute Gasteiger partial charge is 0.454 e. The highest BCUT2D eigenvalue weighted by Crippen LogP contribution is 2.26. The Labute approximate surface area is 118 Å². The molecule has 0 unspecified atom stereocenters. The van der Waals surface area contributed by atoms with Crippen molar-refractivity contribution in [3.63, 3.8) is 0 Å². The molecular weight excluding hydrogens is 250 g/mol. The van der Waals surface area contributed by atoms with Crippen molar-refractivity contribution in [3.05, 3.63) is 55.1 Å². The maximum atomic E-state index is 5.75. The zero-order valence-corrected chi connectivity index (χ0v) is 11.2. The van der Waals surface area contributed by atoms with Gasteiger partial charge in [0.25, 0.3) is 0 Å². The molecule has 3 rings (SSSR count). The fourth-order valence-electron chi connectivity index (χ4n) is 2.38. The van der Waals surface area contributed by atoms with Gasteiger partial charge in [0.05, 0.1) is 12.4 Å². The predicted octanol–water partition coefficient (Wildman–Crippen LogP) is 3.03. The molecule has 4 nitrogen and oxygen atoms in total. The Bertz CT molecular complexity index is 592. The van der Waals surface area contributed by atoms with Crippen molar-refractivity contribution in [1.82, 2.24) is 15.3 Å². The predicted molar refractivity (Wildman–Crippen MR) is 78.6 cm³/mol. The van der Waals surface area contributed by atoms with Gasteiger partial charge in [-0.25, -0.2) is 0 Å². The molecule has 1 saturated heterocycles. The zero-order valence-electron chi connectivity index (χ0n) is 11.2. The minimum atomic E-state index is 0.352. The van der Waals surface area contributed by atoms with Crippen LogP contribution in [0.15, 0.2) is 49.6 Å². The Morgan fingerprint density at radius 1 is 1.25 bits per heavy atom. The highest BCUT2D eigenvalue weighted by atomic mass is 16.5. The molecular formula is C16H17N3O. The van der Waals surface area contributed by atoms with Gasteiger partial charge in [-0.15, -0.1) is 0 Å². The van der Waals surface area contributed by atoms with Crippen LogP contribution in [0.1, 0.15) is 18.4 Å². The summed E-state index contributed by atoms with van der Waals surface area (Å²) >= 11 is 0. The molecule has 0 aliphatic carbocycles. The highest BCUT2D eigenvalue weighted by molar-refractivity contribution is 5.68. The normalized spacial score (nSPS) is 17.9. The summed E-state index contributed by atoms with van der Waals surface area (Å²) in [4.78, 5) is 8.27. The van der Waals surface area contributed by atoms with E-state index in [9.17, 15) is 0 Å². The average molecular weight is 267 g/mol. The van der Waals surface area contributed by atoms with Gasteiger partial charge in [0.1, 0.15) is 11.5 Å². The lowest BCUT2D eigenvalue weighted by Crippen LogP contribution is -2.22. The van der Waals surface area contributed by atoms with Crippen molar-refractivity contribution in [1.29, 1.82) is 0 Å². The Hall–Kier alpha value is -2.20. The third kappa shape index (κ3) is 2.86. The van der Waals surface area contributed by atoms with Crippen LogP contribution in [0.4, 0.5) is 0 Å². The van der Waals surface area contributed by atoms with Crippen molar-refractivity contribution in [2.24, 2.45) is 0 Å². The molecule has 1 N–H and O–H groups in total. The summed E-state index contributed by atoms with van der Waals surface area (Å²) in [6, 6.07) is 6.04. The molecule has 3 heterocycles. The number of pyridine rings is 2. The van der Waals surface area contributed by atoms with Gasteiger partial charge in [0, 0.05) is 24.0 Å². The number of hydrogen-bond acceptors (Lipinski definition) is 4. The van der Waals surface area contributed by atoms with Gasteiger partial charge < -0.3 is 10.1 Å². The van der Waals surface area contributed by atoms with Crippen LogP contribution in [0.25, 0.3) is 5.57 Å². The van der Waals surface area contributed by atoms with E-state index in [0.29, 0.717) is 17.5 Å². The minimum Gasteiger partial charge on any atom is -0.454 e. The lowest BCUT2D eigenvalue weighted by molar-refractivity contribution is 0.477. The van der Waals surface area contributed by atoms with Crippen LogP contribution < -0.4 is 10.1 Å². The molecule has 0 radical (unpaired) electrons. The Balaban J connectivity index is 1.77. The quantitative estimate of drug-likeness (QED) is 0.925. The molecule has 4 heteroatoms. The average Bonchev–Trinajstić information content (AvgIpc) is 3.02. The number of ether oxygens (including phenoxy) is 1. The Morgan fingerprint density at radius 3 is 2.90 bits per heavy atom. The van der Waals surface area contributed by atoms with E-state index >= 15 is 0 Å². The second kappa shape index (κ2) is 5.84. The van der Waals surface area contributed by atoms with Crippen LogP contribution >= 0.6 is 0 Å². The third-order valence-corrected chi connectivity index (χ3v) is 3.43. The zero-order chi connectivity index (χ0) is 13.8. The molecule has 1 atom stereocenters. The van der Waals surface area contributed by atoms with E-state index in [4.69, 9.17) is 4.74 Å². The van der Waals surface area contributed by atoms with Crippen LogP contribution in [-0.4, -0.2) is 22.6 Å². The van der Waals surface area contributed by atoms with Crippen LogP contribution in [0.2, 0.25) is 0 Å². The SMILES string of the molecule is C=C(c1cncc(Oc2cccnc2)c1)[C@@H]1CCCN1. The summed E-state index contributed by atoms with van der Waals surface area (Å²) in [5, 5.41) is 3.45. The molecule has 0 spiro atoms. The first-order valence-corrected chi connectivity index (χ1v) is 6.78. The van der Waals surface area contributed by atoms with E-state index in [1.54, 1.807) is 18.6 Å². The van der Waals surface area contributed by atoms with Crippen LogP contribution in [0.3, 0.4) is 0 Å². The van der Waals surface area contributed by atoms with Gasteiger partial charge in [-0.2, -0.15) is 0 Å². The molecule has 2 aromatic rings. The molecule has 1 aliphatic heterocycles. The molecule has 0 saturated carbocycles. The summed E-state index contributed by atoms with van der Waals surface area (Å²) < 4.78 is 5.75. The smallest absolute Gasteiger partial charge is 0.146 e. The molecule has 20 heavy (non-hydrogen) atoms. The molecule has 1 fully saturated rings. The maximum Gasteiger partial charge on any atom is 0.146 e. The molecule has 0 amide bonds. The van der Waals surface area contributed by atoms with Gasteiger partial charge in [0.15, 0.2) is 0 Å². The van der Waals surface area contributed by atoms with E-state index < -0.39 is 0 Å². The summed E-state index contributed by atoms with van der Waals surface area (Å²) in [5.41, 5.74) is 2.09. The van der Waals surface area contributed by atoms with Crippen molar-refractivity contribution in [2.45, 2.75) is 18.9 Å². The maximum absolute atomic E-state index is 5.75. The highest BCUT2D eigenvalue weighted by Gasteiger charge is 2.18. The van der Waals surface area contributed by atoms with Crippen LogP contribution in [-0.2, 0) is 0 Å². The van der Waals surface area contributed by atoms with E-state index in [0.717, 1.165) is 24.1 Å². The second-order valence-corrected chi connectivity index (χ2v) is 4.87. The molecule has 1 aliphatic rings. The number of aromatic nitrogens is 2. The van der Waals surface area contributed by atoms with E-state index in [2.05, 4.69) is 21.9 Å². The standard InChI is InChI=1S/C16H17N3O/c1-12(16-5-3-7-19-16)13-8-15(11-18-9-13)20-14-4-2-6-17-10-14/h2,4,6,8-11,16,19H,1,3,5,7H2/t16-/m0/s1.